The highest BCUT2D eigenvalue weighted by Gasteiger charge is 2.38. The van der Waals surface area contributed by atoms with E-state index in [1.807, 2.05) is 35.1 Å². The molecule has 0 bridgehead atoms. The molecule has 2 aliphatic heterocycles. The van der Waals surface area contributed by atoms with Gasteiger partial charge in [-0.1, -0.05) is 42.5 Å². The number of alkyl halides is 3. The Kier molecular flexibility index (Phi) is 11.2. The number of nitrogens with one attached hydrogen (secondary N) is 3. The van der Waals surface area contributed by atoms with Crippen molar-refractivity contribution in [2.45, 2.75) is 42.8 Å². The van der Waals surface area contributed by atoms with Crippen molar-refractivity contribution < 1.29 is 40.8 Å². The van der Waals surface area contributed by atoms with Gasteiger partial charge in [-0.2, -0.15) is 13.2 Å². The largest absolute Gasteiger partial charge is 0.455 e. The van der Waals surface area contributed by atoms with E-state index in [0.29, 0.717) is 43.8 Å². The van der Waals surface area contributed by atoms with E-state index in [4.69, 9.17) is 9.47 Å². The molecule has 2 aromatic heterocycles. The first kappa shape index (κ1) is 40.3. The summed E-state index contributed by atoms with van der Waals surface area (Å²) in [7, 11) is -4.70. The molecule has 2 saturated heterocycles. The molecule has 310 valence electrons. The lowest BCUT2D eigenvalue weighted by atomic mass is 9.98. The highest BCUT2D eigenvalue weighted by atomic mass is 32.2. The Bertz CT molecular complexity index is 2670. The maximum atomic E-state index is 14.9. The van der Waals surface area contributed by atoms with Crippen LogP contribution in [-0.2, 0) is 20.9 Å². The second-order valence-corrected chi connectivity index (χ2v) is 16.4. The van der Waals surface area contributed by atoms with Crippen molar-refractivity contribution in [2.24, 2.45) is 5.92 Å². The van der Waals surface area contributed by atoms with Crippen LogP contribution in [0, 0.1) is 16.0 Å². The summed E-state index contributed by atoms with van der Waals surface area (Å²) in [6.07, 6.45) is 1.29. The van der Waals surface area contributed by atoms with Gasteiger partial charge in [0.05, 0.1) is 33.2 Å². The number of carbonyl (C=O) groups is 1. The van der Waals surface area contributed by atoms with Crippen molar-refractivity contribution in [2.75, 3.05) is 36.5 Å². The molecular formula is C43H39F3N6O7S. The molecule has 4 heterocycles. The van der Waals surface area contributed by atoms with E-state index in [2.05, 4.69) is 15.3 Å². The summed E-state index contributed by atoms with van der Waals surface area (Å²) in [5.74, 6) is -0.957. The van der Waals surface area contributed by atoms with E-state index in [9.17, 15) is 36.5 Å². The van der Waals surface area contributed by atoms with E-state index in [1.165, 1.54) is 36.5 Å². The molecular weight excluding hydrogens is 802 g/mol. The molecule has 6 aromatic rings. The number of benzene rings is 4. The minimum Gasteiger partial charge on any atom is -0.455 e. The first-order valence-electron chi connectivity index (χ1n) is 19.3. The third-order valence-corrected chi connectivity index (χ3v) is 12.2. The van der Waals surface area contributed by atoms with Crippen LogP contribution in [-0.4, -0.2) is 55.5 Å². The molecule has 13 nitrogen and oxygen atoms in total. The summed E-state index contributed by atoms with van der Waals surface area (Å²) in [5, 5.41) is 15.7. The van der Waals surface area contributed by atoms with Gasteiger partial charge in [0.2, 0.25) is 0 Å². The second kappa shape index (κ2) is 16.7. The molecule has 1 unspecified atom stereocenters. The number of amides is 1. The molecule has 1 atom stereocenters. The van der Waals surface area contributed by atoms with E-state index in [1.54, 1.807) is 29.3 Å². The first-order valence-corrected chi connectivity index (χ1v) is 20.8. The number of pyridine rings is 1. The van der Waals surface area contributed by atoms with E-state index in [0.717, 1.165) is 43.0 Å². The number of halogens is 3. The van der Waals surface area contributed by atoms with Crippen LogP contribution in [0.3, 0.4) is 0 Å². The maximum absolute atomic E-state index is 14.9. The molecule has 4 aromatic carbocycles. The first-order chi connectivity index (χ1) is 28.8. The van der Waals surface area contributed by atoms with Gasteiger partial charge in [-0.15, -0.1) is 0 Å². The van der Waals surface area contributed by atoms with Crippen LogP contribution in [0.25, 0.3) is 22.2 Å². The van der Waals surface area contributed by atoms with Crippen molar-refractivity contribution >= 4 is 44.0 Å². The molecule has 0 spiro atoms. The number of H-pyrrole nitrogens is 1. The lowest BCUT2D eigenvalue weighted by Gasteiger charge is -2.30. The van der Waals surface area contributed by atoms with Gasteiger partial charge in [0.25, 0.3) is 21.6 Å². The molecule has 1 amide bonds. The number of hydrogen-bond acceptors (Lipinski definition) is 10. The SMILES string of the molecule is O=C(NS(=O)(=O)c1ccc(NCC2CCOCC2)c([N+](=O)[O-])c1)c1ccc(-c2ccc(N3CCCC3c3ccccc3)c(C(F)(F)F)c2)cc1Oc1cnc2[nH]ccc2c1. The minimum absolute atomic E-state index is 0.0459. The Morgan fingerprint density at radius 2 is 1.73 bits per heavy atom. The summed E-state index contributed by atoms with van der Waals surface area (Å²) in [5.41, 5.74) is 0.439. The fourth-order valence-corrected chi connectivity index (χ4v) is 8.75. The lowest BCUT2D eigenvalue weighted by molar-refractivity contribution is -0.384. The Balaban J connectivity index is 1.11. The van der Waals surface area contributed by atoms with Gasteiger partial charge in [-0.3, -0.25) is 14.9 Å². The van der Waals surface area contributed by atoms with Gasteiger partial charge in [-0.05, 0) is 96.8 Å². The molecule has 0 aliphatic carbocycles. The summed E-state index contributed by atoms with van der Waals surface area (Å²) in [6, 6.07) is 23.9. The average Bonchev–Trinajstić information content (AvgIpc) is 3.93. The van der Waals surface area contributed by atoms with Crippen molar-refractivity contribution in [1.29, 1.82) is 0 Å². The number of nitrogens with zero attached hydrogens (tertiary/aromatic N) is 3. The van der Waals surface area contributed by atoms with Gasteiger partial charge >= 0.3 is 6.18 Å². The summed E-state index contributed by atoms with van der Waals surface area (Å²) in [4.78, 5) is 33.7. The van der Waals surface area contributed by atoms with Crippen LogP contribution in [0.15, 0.2) is 114 Å². The number of aromatic nitrogens is 2. The molecule has 2 aliphatic rings. The topological polar surface area (TPSA) is 169 Å². The Morgan fingerprint density at radius 1 is 0.967 bits per heavy atom. The van der Waals surface area contributed by atoms with Crippen LogP contribution < -0.4 is 19.7 Å². The molecule has 60 heavy (non-hydrogen) atoms. The minimum atomic E-state index is -4.71. The average molecular weight is 841 g/mol. The second-order valence-electron chi connectivity index (χ2n) is 14.7. The Hall–Kier alpha value is -6.46. The van der Waals surface area contributed by atoms with E-state index >= 15 is 0 Å². The number of anilines is 2. The predicted molar refractivity (Wildman–Crippen MR) is 219 cm³/mol. The van der Waals surface area contributed by atoms with Crippen molar-refractivity contribution in [3.63, 3.8) is 0 Å². The normalized spacial score (nSPS) is 16.2. The van der Waals surface area contributed by atoms with Crippen LogP contribution in [0.2, 0.25) is 0 Å². The van der Waals surface area contributed by atoms with Crippen LogP contribution in [0.4, 0.5) is 30.2 Å². The summed E-state index contributed by atoms with van der Waals surface area (Å²) in [6.45, 7) is 2.03. The third kappa shape index (κ3) is 8.63. The number of nitro groups is 1. The lowest BCUT2D eigenvalue weighted by Crippen LogP contribution is -2.31. The number of hydrogen-bond donors (Lipinski definition) is 3. The molecule has 0 saturated carbocycles. The number of ether oxygens (including phenoxy) is 2. The van der Waals surface area contributed by atoms with Crippen LogP contribution in [0.1, 0.15) is 53.2 Å². The summed E-state index contributed by atoms with van der Waals surface area (Å²) >= 11 is 0. The number of carbonyl (C=O) groups excluding carboxylic acids is 1. The highest BCUT2D eigenvalue weighted by molar-refractivity contribution is 7.90. The fraction of sp³-hybridized carbons (Fsp3) is 0.256. The van der Waals surface area contributed by atoms with E-state index < -0.39 is 43.2 Å². The fourth-order valence-electron chi connectivity index (χ4n) is 7.77. The molecule has 3 N–H and O–H groups in total. The van der Waals surface area contributed by atoms with Crippen LogP contribution in [0.5, 0.6) is 11.5 Å². The highest BCUT2D eigenvalue weighted by Crippen LogP contribution is 2.45. The molecule has 8 rings (SSSR count). The van der Waals surface area contributed by atoms with Gasteiger partial charge in [0, 0.05) is 49.6 Å². The number of rotatable bonds is 12. The number of nitro benzene ring substituents is 1. The van der Waals surface area contributed by atoms with E-state index in [-0.39, 0.29) is 51.5 Å². The van der Waals surface area contributed by atoms with Gasteiger partial charge in [0.15, 0.2) is 0 Å². The third-order valence-electron chi connectivity index (χ3n) is 10.8. The Labute approximate surface area is 342 Å². The standard InChI is InChI=1S/C43H39F3N6O7S/c44-43(45,46)35-22-29(9-13-38(35)51-18-4-7-37(51)28-5-2-1-3-6-28)30-8-11-34(40(23-30)59-32-21-31-14-17-47-41(31)49-26-32)42(53)50-60(56,57)33-10-12-36(39(24-33)52(54)55)48-25-27-15-19-58-20-16-27/h1-3,5-6,8-14,17,21-24,26-27,37,48H,4,7,15-16,18-20,25H2,(H,47,49)(H,50,53). The summed E-state index contributed by atoms with van der Waals surface area (Å²) < 4.78 is 85.3. The number of sulfonamides is 1. The number of fused-ring (bicyclic) bond motifs is 1. The zero-order valence-electron chi connectivity index (χ0n) is 31.9. The van der Waals surface area contributed by atoms with Gasteiger partial charge in [-0.25, -0.2) is 18.1 Å². The molecule has 17 heteroatoms. The van der Waals surface area contributed by atoms with Gasteiger partial charge < -0.3 is 24.7 Å². The van der Waals surface area contributed by atoms with Crippen LogP contribution >= 0.6 is 0 Å². The molecule has 0 radical (unpaired) electrons. The Morgan fingerprint density at radius 3 is 2.50 bits per heavy atom. The van der Waals surface area contributed by atoms with Crippen molar-refractivity contribution in [3.05, 3.63) is 136 Å². The van der Waals surface area contributed by atoms with Crippen molar-refractivity contribution in [1.82, 2.24) is 14.7 Å². The smallest absolute Gasteiger partial charge is 0.418 e. The van der Waals surface area contributed by atoms with Crippen molar-refractivity contribution in [3.8, 4) is 22.6 Å². The monoisotopic (exact) mass is 840 g/mol. The quantitative estimate of drug-likeness (QED) is 0.0798. The maximum Gasteiger partial charge on any atom is 0.418 e. The molecule has 2 fully saturated rings. The predicted octanol–water partition coefficient (Wildman–Crippen LogP) is 9.25. The number of aromatic amines is 1. The zero-order chi connectivity index (χ0) is 42.0. The van der Waals surface area contributed by atoms with Gasteiger partial charge in [0.1, 0.15) is 22.8 Å². The zero-order valence-corrected chi connectivity index (χ0v) is 32.8.